The molecule has 562 valence electrons. The van der Waals surface area contributed by atoms with Gasteiger partial charge in [-0.25, -0.2) is 9.97 Å². The Hall–Kier alpha value is -6.60. The molecule has 13 nitrogen and oxygen atoms in total. The summed E-state index contributed by atoms with van der Waals surface area (Å²) in [5.41, 5.74) is 14.1. The zero-order valence-electron chi connectivity index (χ0n) is 63.0. The molecule has 10 fully saturated rings. The molecule has 4 aliphatic heterocycles. The van der Waals surface area contributed by atoms with Crippen molar-refractivity contribution in [3.63, 3.8) is 0 Å². The molecule has 5 aromatic rings. The lowest BCUT2D eigenvalue weighted by atomic mass is 9.70. The average Bonchev–Trinajstić information content (AvgIpc) is 1.60. The van der Waals surface area contributed by atoms with E-state index in [4.69, 9.17) is 22.2 Å². The number of thioether (sulfide) groups is 1. The number of carboxylic acid groups (broad SMARTS) is 1. The molecule has 5 aromatic heterocycles. The van der Waals surface area contributed by atoms with Crippen LogP contribution in [0.4, 0.5) is 0 Å². The highest BCUT2D eigenvalue weighted by molar-refractivity contribution is 8.31. The van der Waals surface area contributed by atoms with E-state index >= 15 is 0 Å². The van der Waals surface area contributed by atoms with Crippen LogP contribution in [0.1, 0.15) is 295 Å². The summed E-state index contributed by atoms with van der Waals surface area (Å²) in [5.74, 6) is 19.5. The van der Waals surface area contributed by atoms with Crippen LogP contribution in [-0.2, 0) is 22.7 Å². The summed E-state index contributed by atoms with van der Waals surface area (Å²) in [6.45, 7) is 3.89. The maximum Gasteiger partial charge on any atom is 0.323 e. The van der Waals surface area contributed by atoms with Gasteiger partial charge in [0.1, 0.15) is 30.4 Å². The average molecular weight is 1510 g/mol. The second kappa shape index (κ2) is 32.4. The number of fused-ring (bicyclic) bond motifs is 11. The Morgan fingerprint density at radius 1 is 0.561 bits per heavy atom. The predicted octanol–water partition coefficient (Wildman–Crippen LogP) is 18.9. The molecule has 5 atom stereocenters. The van der Waals surface area contributed by atoms with Gasteiger partial charge in [-0.2, -0.15) is 0 Å². The quantitative estimate of drug-likeness (QED) is 0.0646. The molecule has 8 bridgehead atoms. The molecule has 0 aromatic carbocycles. The van der Waals surface area contributed by atoms with E-state index in [2.05, 4.69) is 93.2 Å². The zero-order chi connectivity index (χ0) is 72.8. The summed E-state index contributed by atoms with van der Waals surface area (Å²) >= 11 is 8.69. The van der Waals surface area contributed by atoms with E-state index in [1.165, 1.54) is 205 Å². The van der Waals surface area contributed by atoms with Gasteiger partial charge < -0.3 is 19.6 Å². The maximum absolute atomic E-state index is 14.4. The minimum absolute atomic E-state index is 0.0674. The number of carbonyl (C=O) groups is 2. The number of aromatic nitrogens is 6. The highest BCUT2D eigenvalue weighted by Gasteiger charge is 2.53. The van der Waals surface area contributed by atoms with Gasteiger partial charge in [0.2, 0.25) is 0 Å². The van der Waals surface area contributed by atoms with E-state index < -0.39 is 12.5 Å². The fourth-order valence-corrected chi connectivity index (χ4v) is 26.1. The fourth-order valence-electron chi connectivity index (χ4n) is 22.3. The number of thiocarbonyl (C=S) groups is 1. The van der Waals surface area contributed by atoms with E-state index in [1.807, 2.05) is 25.5 Å². The second-order valence-corrected chi connectivity index (χ2v) is 37.4. The number of thiazole rings is 2. The molecule has 17 heteroatoms. The van der Waals surface area contributed by atoms with Gasteiger partial charge >= 0.3 is 5.97 Å². The lowest BCUT2D eigenvalue weighted by molar-refractivity contribution is -0.137. The minimum Gasteiger partial charge on any atom is -0.480 e. The van der Waals surface area contributed by atoms with Crippen LogP contribution < -0.4 is 20.2 Å². The van der Waals surface area contributed by atoms with Gasteiger partial charge in [-0.15, -0.1) is 11.3 Å². The van der Waals surface area contributed by atoms with Gasteiger partial charge in [-0.1, -0.05) is 167 Å². The predicted molar refractivity (Wildman–Crippen MR) is 442 cm³/mol. The second-order valence-electron chi connectivity index (χ2n) is 33.8. The molecular weight excluding hydrogens is 1400 g/mol. The van der Waals surface area contributed by atoms with E-state index in [0.29, 0.717) is 61.1 Å². The van der Waals surface area contributed by atoms with E-state index in [0.717, 1.165) is 172 Å². The zero-order valence-corrected chi connectivity index (χ0v) is 66.3. The maximum atomic E-state index is 14.4. The molecule has 8 aliphatic carbocycles. The van der Waals surface area contributed by atoms with Crippen molar-refractivity contribution in [3.05, 3.63) is 120 Å². The number of nitrogens with zero attached hydrogens (tertiary/aromatic N) is 6. The molecular formula is C90H108N8O5S4. The number of nitrogens with one attached hydrogen (secondary N) is 2. The Morgan fingerprint density at radius 3 is 1.68 bits per heavy atom. The molecule has 0 radical (unpaired) electrons. The van der Waals surface area contributed by atoms with Gasteiger partial charge in [0.05, 0.1) is 49.5 Å². The molecule has 17 rings (SSSR count). The highest BCUT2D eigenvalue weighted by atomic mass is 32.2. The van der Waals surface area contributed by atoms with E-state index in [9.17, 15) is 24.3 Å². The van der Waals surface area contributed by atoms with Crippen molar-refractivity contribution in [2.75, 3.05) is 6.54 Å². The molecule has 0 spiro atoms. The molecule has 9 heterocycles. The SMILES string of the molecule is CCN1C(=O)C(=S)S/C1=c1\c(=O)s/c(=c2/sc(=CC3CCC(C#Cc4c5nc(c(C6CCCCC6)c6ccc([nH]6)c(C#CC6CCC7C(C6)C6CCCCC6N7C6CCC(C=C(C7CCCCC7)C7CCCCC7)CC6)c6ccc([nH]6)c(C6CCCCC6)c6nc4C=C6)C=C5)CC3)c(=O)n2CC(=O)O)n1CC. The summed E-state index contributed by atoms with van der Waals surface area (Å²) in [7, 11) is 0. The van der Waals surface area contributed by atoms with Crippen molar-refractivity contribution in [1.29, 1.82) is 0 Å². The molecule has 12 aliphatic rings. The number of carboxylic acids is 1. The van der Waals surface area contributed by atoms with Crippen LogP contribution in [0.5, 0.6) is 0 Å². The van der Waals surface area contributed by atoms with Gasteiger partial charge in [0, 0.05) is 65.2 Å². The van der Waals surface area contributed by atoms with Gasteiger partial charge in [-0.3, -0.25) is 33.5 Å². The Balaban J connectivity index is 0.683. The van der Waals surface area contributed by atoms with E-state index in [1.54, 1.807) is 4.57 Å². The van der Waals surface area contributed by atoms with Crippen molar-refractivity contribution in [3.8, 4) is 23.7 Å². The number of carbonyl (C=O) groups excluding carboxylic acids is 1. The van der Waals surface area contributed by atoms with Crippen LogP contribution in [0.25, 0.3) is 57.5 Å². The van der Waals surface area contributed by atoms with Gasteiger partial charge in [0.25, 0.3) is 16.2 Å². The Morgan fingerprint density at radius 2 is 1.08 bits per heavy atom. The standard InChI is InChI=1S/C90H108N8O5S4/c1-3-95-83(86-96(4-2)85(102)90(104)107-86)89(103)106-87(95)88-97(54-80(99)100)84(101)79(105-88)53-58-31-29-55(30-32-58)35-40-65-69-42-46-73(91-69)81(61-23-13-7-14-24-61)75-48-44-71(93-75)66(72-45-49-76(94-72)82(62-25-15-8-16-26-62)74-47-43-70(65)92-74)41-36-57-37-50-78-68(52-57)64-27-17-18-28-77(64)98(78)63-38-33-56(34-39-63)51-67(59-19-9-5-10-20-59)60-21-11-6-12-22-60/h42-49,51,53,55-64,68,77-78,93-94H,3-34,37-39,50,52,54H2,1-2H3,(H,99,100)/b69-65?,70-65?,71-66?,72-66?,79-53?,81-73?,81-75?,82-74?,82-76?,86-83+,88-87+. The van der Waals surface area contributed by atoms with Gasteiger partial charge in [0.15, 0.2) is 0 Å². The fraction of sp³-hybridized carbons (Fsp3) is 0.589. The first kappa shape index (κ1) is 73.2. The molecule has 5 unspecified atom stereocenters. The summed E-state index contributed by atoms with van der Waals surface area (Å²) in [6, 6.07) is 11.5. The van der Waals surface area contributed by atoms with Crippen molar-refractivity contribution in [2.45, 2.75) is 282 Å². The minimum atomic E-state index is -1.15. The number of aromatic amines is 2. The Labute approximate surface area is 648 Å². The van der Waals surface area contributed by atoms with Crippen molar-refractivity contribution in [2.24, 2.45) is 47.3 Å². The number of aliphatic carboxylic acids is 1. The largest absolute Gasteiger partial charge is 0.480 e. The Kier molecular flexibility index (Phi) is 22.2. The lowest BCUT2D eigenvalue weighted by Crippen LogP contribution is -2.48. The summed E-state index contributed by atoms with van der Waals surface area (Å²) in [5, 5.41) is 10.9. The summed E-state index contributed by atoms with van der Waals surface area (Å²) in [4.78, 5) is 77.8. The molecule has 3 N–H and O–H groups in total. The first-order valence-corrected chi connectivity index (χ1v) is 44.9. The highest BCUT2D eigenvalue weighted by Crippen LogP contribution is 2.53. The number of likely N-dealkylation sites (tertiary alicyclic amines) is 1. The van der Waals surface area contributed by atoms with Gasteiger partial charge in [-0.05, 0) is 245 Å². The monoisotopic (exact) mass is 1510 g/mol. The summed E-state index contributed by atoms with van der Waals surface area (Å²) < 4.78 is 4.34. The lowest BCUT2D eigenvalue weighted by Gasteiger charge is -2.44. The number of rotatable bonds is 11. The normalized spacial score (nSPS) is 28.0. The van der Waals surface area contributed by atoms with Crippen LogP contribution in [0.2, 0.25) is 0 Å². The number of allylic oxidation sites excluding steroid dienone is 2. The molecule has 107 heavy (non-hydrogen) atoms. The first-order valence-electron chi connectivity index (χ1n) is 42.0. The molecule has 2 saturated heterocycles. The van der Waals surface area contributed by atoms with E-state index in [-0.39, 0.29) is 32.2 Å². The van der Waals surface area contributed by atoms with Crippen molar-refractivity contribution < 1.29 is 14.7 Å². The van der Waals surface area contributed by atoms with Crippen LogP contribution in [0.3, 0.4) is 0 Å². The third-order valence-corrected chi connectivity index (χ3v) is 31.1. The number of amides is 1. The Bertz CT molecular complexity index is 4900. The number of H-pyrrole nitrogens is 2. The van der Waals surface area contributed by atoms with Crippen molar-refractivity contribution >= 4 is 120 Å². The van der Waals surface area contributed by atoms with Crippen LogP contribution in [0.15, 0.2) is 45.5 Å². The first-order chi connectivity index (χ1) is 52.4. The van der Waals surface area contributed by atoms with Crippen molar-refractivity contribution in [1.82, 2.24) is 38.9 Å². The van der Waals surface area contributed by atoms with Crippen LogP contribution in [0, 0.1) is 80.4 Å². The third-order valence-electron chi connectivity index (χ3n) is 27.5. The van der Waals surface area contributed by atoms with Crippen LogP contribution in [-0.4, -0.2) is 84.7 Å². The smallest absolute Gasteiger partial charge is 0.323 e. The number of hydrogen-bond acceptors (Lipinski definition) is 11. The third kappa shape index (κ3) is 14.9. The number of hydrogen-bond donors (Lipinski definition) is 3. The molecule has 8 saturated carbocycles. The van der Waals surface area contributed by atoms with Crippen LogP contribution >= 0.6 is 46.7 Å². The molecule has 1 amide bonds. The topological polar surface area (TPSA) is 162 Å². The summed E-state index contributed by atoms with van der Waals surface area (Å²) in [6.07, 6.45) is 58.1.